The smallest absolute Gasteiger partial charge is 0.220 e. The molecule has 7 aliphatic rings. The lowest BCUT2D eigenvalue weighted by Crippen LogP contribution is -2.71. The van der Waals surface area contributed by atoms with Gasteiger partial charge in [-0.3, -0.25) is 14.4 Å². The van der Waals surface area contributed by atoms with Crippen LogP contribution < -0.4 is 16.0 Å². The van der Waals surface area contributed by atoms with Gasteiger partial charge in [0.1, 0.15) is 165 Å². The Bertz CT molecular complexity index is 3060. The molecule has 0 aromatic carbocycles. The molecule has 7 saturated heterocycles. The van der Waals surface area contributed by atoms with Crippen molar-refractivity contribution >= 4 is 17.7 Å². The van der Waals surface area contributed by atoms with Gasteiger partial charge in [-0.25, -0.2) is 0 Å². The van der Waals surface area contributed by atoms with E-state index in [2.05, 4.69) is 29.8 Å². The Hall–Kier alpha value is -3.21. The minimum atomic E-state index is -2.34. The molecule has 14 unspecified atom stereocenters. The van der Waals surface area contributed by atoms with Crippen LogP contribution in [-0.2, 0) is 80.7 Å². The van der Waals surface area contributed by atoms with Gasteiger partial charge in [0.25, 0.3) is 0 Å². The zero-order valence-corrected chi connectivity index (χ0v) is 76.8. The molecule has 3 amide bonds. The van der Waals surface area contributed by atoms with Gasteiger partial charge in [-0.15, -0.1) is 0 Å². The number of hydrogen-bond donors (Lipinski definition) is 23. The summed E-state index contributed by atoms with van der Waals surface area (Å²) in [7, 11) is 0. The van der Waals surface area contributed by atoms with E-state index >= 15 is 0 Å². The third-order valence-electron chi connectivity index (χ3n) is 25.8. The molecule has 40 nitrogen and oxygen atoms in total. The molecule has 130 heavy (non-hydrogen) atoms. The Morgan fingerprint density at radius 2 is 0.638 bits per heavy atom. The largest absolute Gasteiger partial charge is 0.394 e. The van der Waals surface area contributed by atoms with E-state index < -0.39 is 285 Å². The molecule has 0 radical (unpaired) electrons. The van der Waals surface area contributed by atoms with E-state index in [1.54, 1.807) is 6.08 Å². The predicted octanol–water partition coefficient (Wildman–Crippen LogP) is -0.451. The number of hydrogen-bond acceptors (Lipinski definition) is 37. The number of aliphatic hydroxyl groups is 20. The average Bonchev–Trinajstić information content (AvgIpc) is 0.766. The summed E-state index contributed by atoms with van der Waals surface area (Å²) in [6.07, 6.45) is -20.2. The first-order chi connectivity index (χ1) is 62.5. The van der Waals surface area contributed by atoms with Crippen molar-refractivity contribution in [1.29, 1.82) is 0 Å². The second-order valence-electron chi connectivity index (χ2n) is 36.3. The van der Waals surface area contributed by atoms with Crippen LogP contribution in [-0.4, -0.2) is 393 Å². The SMILES string of the molecule is CCCCCCCCCCCCC/C=C/[C@@H](O)[C@H](CO[C@@H]1OC(CO)[C@@H](O[C@@H]2OC(CO)[C@H](O)[C@H](O[C@@H]3OC(CO)[C@@H](O)[C@H](O[C@@H]4OC(CO)[C@H](O)[C@H](O[C@@H]5OC(CO)[C@@H](O[C@@H]6OC(CO)[C@H](O)[C@H](O)C6O[C@H]6OC(C)[C@@H](O)C(O)[C@@H]6O)[C@H](O)C5NC(C)=O)C4O)C3NC(C)=O)C2O)[C@H](O)C1O)NC(=O)CCCCCCCCCCCCCCCCCCCCCCCCC. The molecule has 0 aliphatic carbocycles. The molecular weight excluding hydrogens is 1710 g/mol. The molecular formula is C90H163N3O37. The minimum absolute atomic E-state index is 0.162. The lowest BCUT2D eigenvalue weighted by atomic mass is 9.93. The number of carbonyl (C=O) groups excluding carboxylic acids is 3. The molecule has 37 atom stereocenters. The van der Waals surface area contributed by atoms with Crippen molar-refractivity contribution in [2.45, 2.75) is 493 Å². The summed E-state index contributed by atoms with van der Waals surface area (Å²) in [5.41, 5.74) is 0. The van der Waals surface area contributed by atoms with E-state index in [0.717, 1.165) is 65.2 Å². The number of ether oxygens (including phenoxy) is 14. The van der Waals surface area contributed by atoms with Crippen LogP contribution in [0.5, 0.6) is 0 Å². The van der Waals surface area contributed by atoms with Crippen molar-refractivity contribution in [2.75, 3.05) is 46.2 Å². The van der Waals surface area contributed by atoms with Gasteiger partial charge >= 0.3 is 0 Å². The maximum Gasteiger partial charge on any atom is 0.220 e. The number of allylic oxidation sites excluding steroid dienone is 1. The maximum absolute atomic E-state index is 13.7. The molecule has 7 heterocycles. The van der Waals surface area contributed by atoms with E-state index in [9.17, 15) is 117 Å². The highest BCUT2D eigenvalue weighted by molar-refractivity contribution is 5.76. The molecule has 0 aromatic rings. The lowest BCUT2D eigenvalue weighted by molar-refractivity contribution is -0.392. The van der Waals surface area contributed by atoms with Gasteiger partial charge in [0.15, 0.2) is 44.0 Å². The number of aliphatic hydroxyl groups excluding tert-OH is 20. The number of amides is 3. The van der Waals surface area contributed by atoms with E-state index in [1.165, 1.54) is 167 Å². The van der Waals surface area contributed by atoms with Crippen molar-refractivity contribution in [1.82, 2.24) is 16.0 Å². The van der Waals surface area contributed by atoms with Crippen molar-refractivity contribution < 1.29 is 183 Å². The van der Waals surface area contributed by atoms with Gasteiger partial charge < -0.3 is 184 Å². The van der Waals surface area contributed by atoms with E-state index in [1.807, 2.05) is 6.08 Å². The standard InChI is InChI=1S/C90H163N3O37/c1-6-8-10-12-14-16-18-20-21-22-23-24-25-26-27-28-29-31-33-35-37-39-41-43-62(103)93-54(55(102)42-40-38-36-34-32-30-19-17-15-13-11-9-7-2)50-117-86-75(114)73(112)79(61(49-99)124-86)125-88-76(115)82(69(108)58(46-96)120-88)129-85-64(92-53(5)101)80(67(106)57(45-95)119-85)127-89-77(116)81(68(107)59(47-97)121-89)128-84-63(91-52(4)100)70(109)78(60(48-98)123-84)126-90-83(72(111)66(105)56(44-94)122-90)130-87-74(113)71(110)65(104)51(3)118-87/h40,42,51,54-61,63-90,94-99,102,104-116H,6-39,41,43-50H2,1-5H3,(H,91,100)(H,92,101)(H,93,103)/b42-40+/t51?,54-,55+,56?,57?,58?,59?,60?,61?,63?,64?,65+,66-,67+,68-,69-,70+,71?,72-,73+,74-,75?,76?,77?,78+,79+,80+,81-,82-,83?,84-,85-,86+,87+,88-,89-,90-/m0/s1. The minimum Gasteiger partial charge on any atom is -0.394 e. The monoisotopic (exact) mass is 1880 g/mol. The fourth-order valence-corrected chi connectivity index (χ4v) is 17.9. The maximum atomic E-state index is 13.7. The zero-order valence-electron chi connectivity index (χ0n) is 76.8. The molecule has 7 fully saturated rings. The number of carbonyl (C=O) groups is 3. The number of rotatable bonds is 62. The van der Waals surface area contributed by atoms with E-state index in [-0.39, 0.29) is 12.3 Å². The Morgan fingerprint density at radius 1 is 0.315 bits per heavy atom. The van der Waals surface area contributed by atoms with Gasteiger partial charge in [0.05, 0.1) is 64.5 Å². The summed E-state index contributed by atoms with van der Waals surface area (Å²) in [6, 6.07) is -4.86. The molecule has 760 valence electrons. The molecule has 7 rings (SSSR count). The topological polar surface area (TPSA) is 621 Å². The lowest BCUT2D eigenvalue weighted by Gasteiger charge is -2.51. The summed E-state index contributed by atoms with van der Waals surface area (Å²) in [5, 5.41) is 233. The predicted molar refractivity (Wildman–Crippen MR) is 462 cm³/mol. The molecule has 7 aliphatic heterocycles. The van der Waals surface area contributed by atoms with Gasteiger partial charge in [0.2, 0.25) is 17.7 Å². The highest BCUT2D eigenvalue weighted by Gasteiger charge is 2.60. The van der Waals surface area contributed by atoms with Crippen molar-refractivity contribution in [3.8, 4) is 0 Å². The van der Waals surface area contributed by atoms with Crippen molar-refractivity contribution in [3.63, 3.8) is 0 Å². The Labute approximate surface area is 764 Å². The van der Waals surface area contributed by atoms with Crippen molar-refractivity contribution in [3.05, 3.63) is 12.2 Å². The summed E-state index contributed by atoms with van der Waals surface area (Å²) in [5.74, 6) is -2.16. The van der Waals surface area contributed by atoms with Crippen LogP contribution in [0.1, 0.15) is 266 Å². The first-order valence-corrected chi connectivity index (χ1v) is 48.3. The number of unbranched alkanes of at least 4 members (excludes halogenated alkanes) is 33. The molecule has 0 aromatic heterocycles. The van der Waals surface area contributed by atoms with Crippen LogP contribution >= 0.6 is 0 Å². The number of nitrogens with one attached hydrogen (secondary N) is 3. The molecule has 0 bridgehead atoms. The van der Waals surface area contributed by atoms with Crippen molar-refractivity contribution in [2.24, 2.45) is 0 Å². The molecule has 23 N–H and O–H groups in total. The van der Waals surface area contributed by atoms with Crippen LogP contribution in [0, 0.1) is 0 Å². The molecule has 0 saturated carbocycles. The summed E-state index contributed by atoms with van der Waals surface area (Å²) in [6.45, 7) is 1.04. The van der Waals surface area contributed by atoms with E-state index in [4.69, 9.17) is 66.3 Å². The van der Waals surface area contributed by atoms with Crippen LogP contribution in [0.2, 0.25) is 0 Å². The van der Waals surface area contributed by atoms with Crippen LogP contribution in [0.25, 0.3) is 0 Å². The summed E-state index contributed by atoms with van der Waals surface area (Å²) >= 11 is 0. The quantitative estimate of drug-likeness (QED) is 0.0271. The van der Waals surface area contributed by atoms with Crippen LogP contribution in [0.4, 0.5) is 0 Å². The Kier molecular flexibility index (Phi) is 53.6. The van der Waals surface area contributed by atoms with Gasteiger partial charge in [0, 0.05) is 20.3 Å². The van der Waals surface area contributed by atoms with E-state index in [0.29, 0.717) is 12.8 Å². The fraction of sp³-hybridized carbons (Fsp3) is 0.944. The highest BCUT2D eigenvalue weighted by atomic mass is 16.8. The average molecular weight is 1880 g/mol. The second-order valence-corrected chi connectivity index (χ2v) is 36.3. The summed E-state index contributed by atoms with van der Waals surface area (Å²) < 4.78 is 83.5. The third kappa shape index (κ3) is 35.0. The van der Waals surface area contributed by atoms with Gasteiger partial charge in [-0.05, 0) is 26.2 Å². The zero-order chi connectivity index (χ0) is 94.9. The highest BCUT2D eigenvalue weighted by Crippen LogP contribution is 2.40. The van der Waals surface area contributed by atoms with Crippen LogP contribution in [0.15, 0.2) is 12.2 Å². The van der Waals surface area contributed by atoms with Crippen LogP contribution in [0.3, 0.4) is 0 Å². The normalized spacial score (nSPS) is 37.3. The van der Waals surface area contributed by atoms with Gasteiger partial charge in [-0.2, -0.15) is 0 Å². The third-order valence-corrected chi connectivity index (χ3v) is 25.8. The molecule has 0 spiro atoms. The Balaban J connectivity index is 0.974. The first kappa shape index (κ1) is 114. The first-order valence-electron chi connectivity index (χ1n) is 48.3. The van der Waals surface area contributed by atoms with Gasteiger partial charge in [-0.1, -0.05) is 231 Å². The summed E-state index contributed by atoms with van der Waals surface area (Å²) in [4.78, 5) is 39.9. The Morgan fingerprint density at radius 3 is 1.08 bits per heavy atom. The fourth-order valence-electron chi connectivity index (χ4n) is 17.9. The molecule has 40 heteroatoms. The second kappa shape index (κ2) is 61.3.